The Kier molecular flexibility index (Phi) is 6.37. The van der Waals surface area contributed by atoms with E-state index < -0.39 is 5.92 Å². The minimum atomic E-state index is -0.463. The van der Waals surface area contributed by atoms with Crippen molar-refractivity contribution >= 4 is 34.1 Å². The molecule has 2 atom stereocenters. The molecule has 0 aromatic heterocycles. The first-order valence-electron chi connectivity index (χ1n) is 13.2. The Labute approximate surface area is 222 Å². The van der Waals surface area contributed by atoms with Crippen molar-refractivity contribution in [2.45, 2.75) is 63.4 Å². The molecule has 3 aromatic carbocycles. The first-order valence-corrected chi connectivity index (χ1v) is 13.6. The van der Waals surface area contributed by atoms with Crippen molar-refractivity contribution in [1.29, 1.82) is 0 Å². The summed E-state index contributed by atoms with van der Waals surface area (Å²) in [6, 6.07) is 22.1. The van der Waals surface area contributed by atoms with Gasteiger partial charge in [-0.2, -0.15) is 0 Å². The van der Waals surface area contributed by atoms with E-state index in [9.17, 15) is 9.59 Å². The van der Waals surface area contributed by atoms with Crippen molar-refractivity contribution in [3.05, 3.63) is 105 Å². The van der Waals surface area contributed by atoms with E-state index in [1.165, 1.54) is 0 Å². The molecule has 0 amide bonds. The van der Waals surface area contributed by atoms with Gasteiger partial charge in [-0.05, 0) is 79.0 Å². The molecule has 37 heavy (non-hydrogen) atoms. The lowest BCUT2D eigenvalue weighted by atomic mass is 9.71. The normalized spacial score (nSPS) is 22.3. The van der Waals surface area contributed by atoms with Gasteiger partial charge in [-0.3, -0.25) is 4.79 Å². The third-order valence-corrected chi connectivity index (χ3v) is 8.35. The summed E-state index contributed by atoms with van der Waals surface area (Å²) in [4.78, 5) is 27.6. The van der Waals surface area contributed by atoms with Gasteiger partial charge in [0.1, 0.15) is 6.10 Å². The number of allylic oxidation sites excluding steroid dienone is 3. The van der Waals surface area contributed by atoms with Crippen molar-refractivity contribution < 1.29 is 14.3 Å². The van der Waals surface area contributed by atoms with Crippen molar-refractivity contribution in [2.24, 2.45) is 0 Å². The highest BCUT2D eigenvalue weighted by Gasteiger charge is 2.42. The maximum atomic E-state index is 13.9. The molecule has 3 aliphatic rings. The monoisotopic (exact) mass is 511 g/mol. The summed E-state index contributed by atoms with van der Waals surface area (Å²) in [6.07, 6.45) is 5.02. The highest BCUT2D eigenvalue weighted by Crippen LogP contribution is 2.47. The average Bonchev–Trinajstić information content (AvgIpc) is 3.41. The van der Waals surface area contributed by atoms with Gasteiger partial charge in [-0.15, -0.1) is 0 Å². The molecule has 188 valence electrons. The van der Waals surface area contributed by atoms with Crippen LogP contribution in [0.1, 0.15) is 68.4 Å². The van der Waals surface area contributed by atoms with Crippen LogP contribution < -0.4 is 5.32 Å². The Balaban J connectivity index is 1.46. The van der Waals surface area contributed by atoms with E-state index in [0.717, 1.165) is 59.0 Å². The standard InChI is InChI=1S/C32H30ClNO3/c1-19-29(32(36)37-24-9-3-4-10-24)30(26-12-6-8-21-7-2-5-11-25(21)26)31-27(34-19)17-22(18-28(31)35)20-13-15-23(33)16-14-20/h2,5-8,11-16,22,24,30,34H,3-4,9-10,17-18H2,1H3/t22-,30-/m0/s1. The first kappa shape index (κ1) is 24.0. The van der Waals surface area contributed by atoms with Gasteiger partial charge in [0.2, 0.25) is 0 Å². The van der Waals surface area contributed by atoms with Gasteiger partial charge in [0.05, 0.1) is 5.57 Å². The predicted octanol–water partition coefficient (Wildman–Crippen LogP) is 7.34. The van der Waals surface area contributed by atoms with Crippen molar-refractivity contribution in [3.8, 4) is 0 Å². The lowest BCUT2D eigenvalue weighted by Gasteiger charge is -2.37. The first-order chi connectivity index (χ1) is 18.0. The highest BCUT2D eigenvalue weighted by atomic mass is 35.5. The molecular formula is C32H30ClNO3. The van der Waals surface area contributed by atoms with E-state index in [0.29, 0.717) is 29.0 Å². The number of fused-ring (bicyclic) bond motifs is 1. The van der Waals surface area contributed by atoms with Crippen LogP contribution in [0.2, 0.25) is 5.02 Å². The molecule has 1 fully saturated rings. The predicted molar refractivity (Wildman–Crippen MR) is 146 cm³/mol. The molecule has 0 spiro atoms. The molecule has 0 radical (unpaired) electrons. The lowest BCUT2D eigenvalue weighted by Crippen LogP contribution is -2.36. The topological polar surface area (TPSA) is 55.4 Å². The highest BCUT2D eigenvalue weighted by molar-refractivity contribution is 6.30. The summed E-state index contributed by atoms with van der Waals surface area (Å²) < 4.78 is 6.02. The lowest BCUT2D eigenvalue weighted by molar-refractivity contribution is -0.144. The molecule has 1 heterocycles. The minimum Gasteiger partial charge on any atom is -0.459 e. The molecule has 1 aliphatic heterocycles. The number of esters is 1. The minimum absolute atomic E-state index is 0.0484. The molecule has 1 N–H and O–H groups in total. The van der Waals surface area contributed by atoms with Gasteiger partial charge >= 0.3 is 5.97 Å². The summed E-state index contributed by atoms with van der Waals surface area (Å²) in [5, 5.41) is 6.30. The van der Waals surface area contributed by atoms with Crippen LogP contribution in [0.4, 0.5) is 0 Å². The fourth-order valence-electron chi connectivity index (χ4n) is 6.31. The number of Topliss-reactive ketones (excluding diaryl/α,β-unsaturated/α-hetero) is 1. The smallest absolute Gasteiger partial charge is 0.337 e. The third kappa shape index (κ3) is 4.48. The maximum absolute atomic E-state index is 13.9. The number of benzene rings is 3. The number of carbonyl (C=O) groups excluding carboxylic acids is 2. The Morgan fingerprint density at radius 1 is 0.946 bits per heavy atom. The van der Waals surface area contributed by atoms with E-state index in [-0.39, 0.29) is 23.8 Å². The summed E-state index contributed by atoms with van der Waals surface area (Å²) in [6.45, 7) is 1.93. The Morgan fingerprint density at radius 3 is 2.46 bits per heavy atom. The fourth-order valence-corrected chi connectivity index (χ4v) is 6.44. The fraction of sp³-hybridized carbons (Fsp3) is 0.312. The molecule has 4 nitrogen and oxygen atoms in total. The Hall–Kier alpha value is -3.37. The zero-order valence-corrected chi connectivity index (χ0v) is 21.7. The number of hydrogen-bond donors (Lipinski definition) is 1. The molecule has 0 saturated heterocycles. The quantitative estimate of drug-likeness (QED) is 0.372. The molecular weight excluding hydrogens is 482 g/mol. The van der Waals surface area contributed by atoms with E-state index in [4.69, 9.17) is 16.3 Å². The summed E-state index contributed by atoms with van der Waals surface area (Å²) in [5.74, 6) is -0.641. The summed E-state index contributed by atoms with van der Waals surface area (Å²) in [5.41, 5.74) is 5.00. The number of dihydropyridines is 1. The molecule has 5 heteroatoms. The van der Waals surface area contributed by atoms with Gasteiger partial charge in [0.25, 0.3) is 0 Å². The number of hydrogen-bond acceptors (Lipinski definition) is 4. The van der Waals surface area contributed by atoms with Crippen molar-refractivity contribution in [1.82, 2.24) is 5.32 Å². The average molecular weight is 512 g/mol. The van der Waals surface area contributed by atoms with Crippen LogP contribution in [0.15, 0.2) is 89.3 Å². The van der Waals surface area contributed by atoms with Crippen molar-refractivity contribution in [3.63, 3.8) is 0 Å². The van der Waals surface area contributed by atoms with Crippen LogP contribution in [0.3, 0.4) is 0 Å². The van der Waals surface area contributed by atoms with Crippen LogP contribution in [-0.4, -0.2) is 17.9 Å². The largest absolute Gasteiger partial charge is 0.459 e. The van der Waals surface area contributed by atoms with Crippen LogP contribution in [0.25, 0.3) is 10.8 Å². The van der Waals surface area contributed by atoms with Crippen LogP contribution in [-0.2, 0) is 14.3 Å². The Morgan fingerprint density at radius 2 is 1.68 bits per heavy atom. The number of rotatable bonds is 4. The molecule has 0 bridgehead atoms. The molecule has 2 aliphatic carbocycles. The second-order valence-electron chi connectivity index (χ2n) is 10.4. The van der Waals surface area contributed by atoms with Gasteiger partial charge in [0, 0.05) is 34.3 Å². The second-order valence-corrected chi connectivity index (χ2v) is 10.9. The molecule has 0 unspecified atom stereocenters. The number of nitrogens with one attached hydrogen (secondary N) is 1. The molecule has 3 aromatic rings. The van der Waals surface area contributed by atoms with Gasteiger partial charge < -0.3 is 10.1 Å². The van der Waals surface area contributed by atoms with E-state index in [1.54, 1.807) is 0 Å². The number of ether oxygens (including phenoxy) is 1. The molecule has 6 rings (SSSR count). The van der Waals surface area contributed by atoms with E-state index >= 15 is 0 Å². The van der Waals surface area contributed by atoms with Crippen LogP contribution in [0.5, 0.6) is 0 Å². The van der Waals surface area contributed by atoms with Crippen molar-refractivity contribution in [2.75, 3.05) is 0 Å². The maximum Gasteiger partial charge on any atom is 0.337 e. The second kappa shape index (κ2) is 9.83. The van der Waals surface area contributed by atoms with Gasteiger partial charge in [-0.1, -0.05) is 66.2 Å². The van der Waals surface area contributed by atoms with Gasteiger partial charge in [0.15, 0.2) is 5.78 Å². The Bertz CT molecular complexity index is 1440. The van der Waals surface area contributed by atoms with Gasteiger partial charge in [-0.25, -0.2) is 4.79 Å². The summed E-state index contributed by atoms with van der Waals surface area (Å²) >= 11 is 6.11. The van der Waals surface area contributed by atoms with Crippen LogP contribution >= 0.6 is 11.6 Å². The number of halogens is 1. The zero-order valence-electron chi connectivity index (χ0n) is 20.9. The zero-order chi connectivity index (χ0) is 25.5. The SMILES string of the molecule is CC1=C(C(=O)OC2CCCC2)[C@H](c2cccc3ccccc23)C2=C(C[C@H](c3ccc(Cl)cc3)CC2=O)N1. The number of ketones is 1. The summed E-state index contributed by atoms with van der Waals surface area (Å²) in [7, 11) is 0. The molecule has 1 saturated carbocycles. The number of carbonyl (C=O) groups is 2. The van der Waals surface area contributed by atoms with E-state index in [2.05, 4.69) is 29.6 Å². The third-order valence-electron chi connectivity index (χ3n) is 8.10. The van der Waals surface area contributed by atoms with E-state index in [1.807, 2.05) is 49.4 Å². The van der Waals surface area contributed by atoms with Crippen LogP contribution in [0, 0.1) is 0 Å².